The Hall–Kier alpha value is -1.97. The predicted molar refractivity (Wildman–Crippen MR) is 74.1 cm³/mol. The average Bonchev–Trinajstić information content (AvgIpc) is 2.90. The van der Waals surface area contributed by atoms with E-state index in [1.807, 2.05) is 0 Å². The molecule has 2 heterocycles. The Morgan fingerprint density at radius 1 is 1.40 bits per heavy atom. The van der Waals surface area contributed by atoms with Gasteiger partial charge in [-0.1, -0.05) is 0 Å². The third-order valence-corrected chi connectivity index (χ3v) is 4.19. The van der Waals surface area contributed by atoms with Crippen LogP contribution < -0.4 is 16.0 Å². The number of sulfonamides is 1. The number of anilines is 1. The van der Waals surface area contributed by atoms with E-state index in [1.165, 1.54) is 18.3 Å². The molecule has 0 aromatic carbocycles. The van der Waals surface area contributed by atoms with Gasteiger partial charge in [0.1, 0.15) is 4.90 Å². The summed E-state index contributed by atoms with van der Waals surface area (Å²) < 4.78 is 28.8. The van der Waals surface area contributed by atoms with Gasteiger partial charge >= 0.3 is 0 Å². The normalized spacial score (nSPS) is 13.1. The summed E-state index contributed by atoms with van der Waals surface area (Å²) in [7, 11) is -3.70. The van der Waals surface area contributed by atoms with Gasteiger partial charge in [-0.05, 0) is 25.1 Å². The number of nitrogen functional groups attached to an aromatic ring is 1. The number of hydrazine groups is 1. The predicted octanol–water partition coefficient (Wildman–Crippen LogP) is -0.0693. The second kappa shape index (κ2) is 5.99. The van der Waals surface area contributed by atoms with E-state index in [-0.39, 0.29) is 16.8 Å². The van der Waals surface area contributed by atoms with E-state index < -0.39 is 10.0 Å². The zero-order chi connectivity index (χ0) is 14.6. The summed E-state index contributed by atoms with van der Waals surface area (Å²) in [5.41, 5.74) is 2.27. The molecule has 0 spiro atoms. The van der Waals surface area contributed by atoms with Crippen LogP contribution in [0.1, 0.15) is 6.92 Å². The Kier molecular flexibility index (Phi) is 4.32. The van der Waals surface area contributed by atoms with E-state index in [2.05, 4.69) is 20.2 Å². The van der Waals surface area contributed by atoms with Crippen molar-refractivity contribution in [1.29, 1.82) is 0 Å². The minimum atomic E-state index is -3.70. The van der Waals surface area contributed by atoms with Crippen LogP contribution in [0.25, 0.3) is 0 Å². The first kappa shape index (κ1) is 14.4. The van der Waals surface area contributed by atoms with Crippen LogP contribution in [0.15, 0.2) is 41.7 Å². The van der Waals surface area contributed by atoms with Crippen LogP contribution in [0, 0.1) is 0 Å². The van der Waals surface area contributed by atoms with Crippen molar-refractivity contribution in [3.8, 4) is 0 Å². The van der Waals surface area contributed by atoms with Crippen LogP contribution >= 0.6 is 0 Å². The fourth-order valence-corrected chi connectivity index (χ4v) is 3.13. The van der Waals surface area contributed by atoms with E-state index in [0.717, 1.165) is 0 Å². The van der Waals surface area contributed by atoms with E-state index in [9.17, 15) is 8.42 Å². The van der Waals surface area contributed by atoms with Crippen LogP contribution in [0.3, 0.4) is 0 Å². The number of hydrogen-bond donors (Lipinski definition) is 3. The Morgan fingerprint density at radius 2 is 2.20 bits per heavy atom. The zero-order valence-corrected chi connectivity index (χ0v) is 11.7. The first-order valence-corrected chi connectivity index (χ1v) is 7.42. The summed E-state index contributed by atoms with van der Waals surface area (Å²) in [5, 5.41) is 4.03. The van der Waals surface area contributed by atoms with Crippen molar-refractivity contribution < 1.29 is 8.42 Å². The highest BCUT2D eigenvalue weighted by Crippen LogP contribution is 2.17. The quantitative estimate of drug-likeness (QED) is 0.508. The maximum Gasteiger partial charge on any atom is 0.244 e. The molecule has 2 rings (SSSR count). The molecule has 0 aliphatic rings. The van der Waals surface area contributed by atoms with Gasteiger partial charge in [0.15, 0.2) is 5.82 Å². The lowest BCUT2D eigenvalue weighted by atomic mass is 10.4. The van der Waals surface area contributed by atoms with Crippen LogP contribution in [-0.4, -0.2) is 29.2 Å². The summed E-state index contributed by atoms with van der Waals surface area (Å²) in [6.07, 6.45) is 4.86. The molecule has 2 aromatic rings. The monoisotopic (exact) mass is 296 g/mol. The molecule has 0 amide bonds. The first-order valence-electron chi connectivity index (χ1n) is 5.94. The lowest BCUT2D eigenvalue weighted by Gasteiger charge is -2.15. The molecule has 1 atom stereocenters. The van der Waals surface area contributed by atoms with E-state index >= 15 is 0 Å². The van der Waals surface area contributed by atoms with E-state index in [4.69, 9.17) is 5.84 Å². The van der Waals surface area contributed by atoms with Gasteiger partial charge in [-0.3, -0.25) is 4.68 Å². The standard InChI is InChI=1S/C11H16N6O2S/c1-9(8-17-7-3-6-14-17)16-20(18,19)10-4-2-5-13-11(10)15-12/h2-7,9,16H,8,12H2,1H3,(H,13,15). The van der Waals surface area contributed by atoms with Crippen molar-refractivity contribution >= 4 is 15.8 Å². The van der Waals surface area contributed by atoms with Gasteiger partial charge in [0, 0.05) is 24.6 Å². The van der Waals surface area contributed by atoms with Crippen molar-refractivity contribution in [1.82, 2.24) is 19.5 Å². The molecule has 0 saturated carbocycles. The Balaban J connectivity index is 2.14. The van der Waals surface area contributed by atoms with Crippen molar-refractivity contribution in [2.45, 2.75) is 24.4 Å². The number of hydrogen-bond acceptors (Lipinski definition) is 6. The molecule has 0 fully saturated rings. The zero-order valence-electron chi connectivity index (χ0n) is 10.9. The molecule has 20 heavy (non-hydrogen) atoms. The van der Waals surface area contributed by atoms with Crippen LogP contribution in [0.5, 0.6) is 0 Å². The van der Waals surface area contributed by atoms with Gasteiger partial charge in [-0.2, -0.15) is 5.10 Å². The Labute approximate surface area is 117 Å². The van der Waals surface area contributed by atoms with Gasteiger partial charge in [0.25, 0.3) is 0 Å². The third kappa shape index (κ3) is 3.32. The highest BCUT2D eigenvalue weighted by atomic mass is 32.2. The summed E-state index contributed by atoms with van der Waals surface area (Å²) in [6.45, 7) is 2.18. The molecule has 9 heteroatoms. The number of aromatic nitrogens is 3. The molecule has 1 unspecified atom stereocenters. The van der Waals surface area contributed by atoms with Crippen LogP contribution in [0.2, 0.25) is 0 Å². The lowest BCUT2D eigenvalue weighted by molar-refractivity contribution is 0.494. The average molecular weight is 296 g/mol. The first-order chi connectivity index (χ1) is 9.53. The second-order valence-corrected chi connectivity index (χ2v) is 5.93. The smallest absolute Gasteiger partial charge is 0.244 e. The Morgan fingerprint density at radius 3 is 2.85 bits per heavy atom. The molecule has 4 N–H and O–H groups in total. The molecule has 2 aromatic heterocycles. The maximum absolute atomic E-state index is 12.3. The number of nitrogens with one attached hydrogen (secondary N) is 2. The van der Waals surface area contributed by atoms with Crippen molar-refractivity contribution in [3.05, 3.63) is 36.8 Å². The third-order valence-electron chi connectivity index (χ3n) is 2.57. The van der Waals surface area contributed by atoms with Crippen LogP contribution in [0.4, 0.5) is 5.82 Å². The molecule has 0 saturated heterocycles. The van der Waals surface area contributed by atoms with E-state index in [1.54, 1.807) is 30.1 Å². The number of rotatable bonds is 6. The number of nitrogens with zero attached hydrogens (tertiary/aromatic N) is 3. The minimum Gasteiger partial charge on any atom is -0.307 e. The fraction of sp³-hybridized carbons (Fsp3) is 0.273. The van der Waals surface area contributed by atoms with Crippen molar-refractivity contribution in [3.63, 3.8) is 0 Å². The highest BCUT2D eigenvalue weighted by molar-refractivity contribution is 7.89. The van der Waals surface area contributed by atoms with Crippen molar-refractivity contribution in [2.24, 2.45) is 5.84 Å². The maximum atomic E-state index is 12.3. The molecule has 0 aliphatic carbocycles. The molecule has 0 radical (unpaired) electrons. The number of pyridine rings is 1. The molecular weight excluding hydrogens is 280 g/mol. The summed E-state index contributed by atoms with van der Waals surface area (Å²) in [5.74, 6) is 5.37. The van der Waals surface area contributed by atoms with Gasteiger partial charge in [0.05, 0.1) is 6.54 Å². The van der Waals surface area contributed by atoms with Gasteiger partial charge in [-0.25, -0.2) is 24.0 Å². The lowest BCUT2D eigenvalue weighted by Crippen LogP contribution is -2.36. The molecular formula is C11H16N6O2S. The second-order valence-electron chi connectivity index (χ2n) is 4.24. The molecule has 8 nitrogen and oxygen atoms in total. The highest BCUT2D eigenvalue weighted by Gasteiger charge is 2.21. The summed E-state index contributed by atoms with van der Waals surface area (Å²) in [6, 6.07) is 4.42. The molecule has 108 valence electrons. The van der Waals surface area contributed by atoms with Crippen molar-refractivity contribution in [2.75, 3.05) is 5.43 Å². The molecule has 0 aliphatic heterocycles. The SMILES string of the molecule is CC(Cn1cccn1)NS(=O)(=O)c1cccnc1NN. The topological polar surface area (TPSA) is 115 Å². The summed E-state index contributed by atoms with van der Waals surface area (Å²) in [4.78, 5) is 3.88. The van der Waals surface area contributed by atoms with Gasteiger partial charge in [0.2, 0.25) is 10.0 Å². The minimum absolute atomic E-state index is 0.00909. The number of nitrogens with two attached hydrogens (primary N) is 1. The van der Waals surface area contributed by atoms with Gasteiger partial charge < -0.3 is 5.43 Å². The Bertz CT molecular complexity index is 655. The molecule has 0 bridgehead atoms. The van der Waals surface area contributed by atoms with Gasteiger partial charge in [-0.15, -0.1) is 0 Å². The summed E-state index contributed by atoms with van der Waals surface area (Å²) >= 11 is 0. The fourth-order valence-electron chi connectivity index (χ4n) is 1.77. The van der Waals surface area contributed by atoms with E-state index in [0.29, 0.717) is 6.54 Å². The van der Waals surface area contributed by atoms with Crippen LogP contribution in [-0.2, 0) is 16.6 Å². The largest absolute Gasteiger partial charge is 0.307 e.